The number of ether oxygens (including phenoxy) is 1. The van der Waals surface area contributed by atoms with Crippen LogP contribution in [0.3, 0.4) is 0 Å². The van der Waals surface area contributed by atoms with E-state index in [0.29, 0.717) is 12.2 Å². The number of methoxy groups -OCH3 is 1. The summed E-state index contributed by atoms with van der Waals surface area (Å²) in [5, 5.41) is 8.36. The first-order chi connectivity index (χ1) is 7.61. The van der Waals surface area contributed by atoms with Crippen LogP contribution in [0.5, 0.6) is 5.75 Å². The molecule has 86 valence electrons. The molecular formula is C11H13NO3S. The Kier molecular flexibility index (Phi) is 4.32. The van der Waals surface area contributed by atoms with Gasteiger partial charge in [0.1, 0.15) is 10.6 Å². The van der Waals surface area contributed by atoms with Crippen molar-refractivity contribution in [3.05, 3.63) is 24.3 Å². The number of rotatable bonds is 5. The third kappa shape index (κ3) is 2.97. The molecule has 0 heterocycles. The first kappa shape index (κ1) is 12.5. The van der Waals surface area contributed by atoms with E-state index < -0.39 is 9.84 Å². The van der Waals surface area contributed by atoms with Crippen molar-refractivity contribution in [2.24, 2.45) is 0 Å². The molecule has 0 amide bonds. The molecule has 0 aromatic heterocycles. The van der Waals surface area contributed by atoms with Crippen LogP contribution < -0.4 is 4.74 Å². The molecule has 0 atom stereocenters. The predicted octanol–water partition coefficient (Wildman–Crippen LogP) is 1.77. The Balaban J connectivity index is 2.94. The number of nitrogens with zero attached hydrogens (tertiary/aromatic N) is 1. The van der Waals surface area contributed by atoms with Crippen LogP contribution >= 0.6 is 0 Å². The average molecular weight is 239 g/mol. The average Bonchev–Trinajstić information content (AvgIpc) is 2.29. The van der Waals surface area contributed by atoms with Gasteiger partial charge in [0.05, 0.1) is 18.9 Å². The molecule has 0 saturated carbocycles. The fourth-order valence-corrected chi connectivity index (χ4v) is 2.82. The van der Waals surface area contributed by atoms with Crippen LogP contribution in [-0.2, 0) is 9.84 Å². The van der Waals surface area contributed by atoms with Gasteiger partial charge in [-0.3, -0.25) is 0 Å². The van der Waals surface area contributed by atoms with Crippen LogP contribution in [-0.4, -0.2) is 21.3 Å². The normalized spacial score (nSPS) is 10.8. The number of nitriles is 1. The zero-order valence-corrected chi connectivity index (χ0v) is 9.83. The van der Waals surface area contributed by atoms with Crippen molar-refractivity contribution < 1.29 is 13.2 Å². The highest BCUT2D eigenvalue weighted by Crippen LogP contribution is 2.24. The third-order valence-corrected chi connectivity index (χ3v) is 3.94. The zero-order valence-electron chi connectivity index (χ0n) is 9.01. The van der Waals surface area contributed by atoms with Crippen LogP contribution in [0.15, 0.2) is 29.2 Å². The zero-order chi connectivity index (χ0) is 12.0. The molecule has 0 N–H and O–H groups in total. The summed E-state index contributed by atoms with van der Waals surface area (Å²) in [4.78, 5) is 0.190. The van der Waals surface area contributed by atoms with Gasteiger partial charge in [-0.05, 0) is 18.6 Å². The van der Waals surface area contributed by atoms with Crippen LogP contribution in [0.2, 0.25) is 0 Å². The smallest absolute Gasteiger partial charge is 0.182 e. The van der Waals surface area contributed by atoms with Crippen molar-refractivity contribution in [1.82, 2.24) is 0 Å². The fraction of sp³-hybridized carbons (Fsp3) is 0.364. The van der Waals surface area contributed by atoms with E-state index in [0.717, 1.165) is 0 Å². The minimum atomic E-state index is -3.35. The number of para-hydroxylation sites is 1. The van der Waals surface area contributed by atoms with Crippen LogP contribution in [0.25, 0.3) is 0 Å². The summed E-state index contributed by atoms with van der Waals surface area (Å²) in [6, 6.07) is 8.42. The van der Waals surface area contributed by atoms with Gasteiger partial charge in [-0.25, -0.2) is 8.42 Å². The van der Waals surface area contributed by atoms with Crippen molar-refractivity contribution in [2.45, 2.75) is 17.7 Å². The monoisotopic (exact) mass is 239 g/mol. The molecule has 5 heteroatoms. The van der Waals surface area contributed by atoms with Crippen molar-refractivity contribution in [3.8, 4) is 11.8 Å². The first-order valence-corrected chi connectivity index (χ1v) is 6.50. The van der Waals surface area contributed by atoms with Gasteiger partial charge in [0.2, 0.25) is 0 Å². The highest BCUT2D eigenvalue weighted by molar-refractivity contribution is 7.91. The van der Waals surface area contributed by atoms with Gasteiger partial charge < -0.3 is 4.74 Å². The summed E-state index contributed by atoms with van der Waals surface area (Å²) in [5.74, 6) is 0.320. The molecule has 16 heavy (non-hydrogen) atoms. The van der Waals surface area contributed by atoms with Gasteiger partial charge in [-0.15, -0.1) is 0 Å². The number of benzene rings is 1. The van der Waals surface area contributed by atoms with E-state index in [2.05, 4.69) is 0 Å². The molecule has 0 saturated heterocycles. The minimum absolute atomic E-state index is 0.0269. The maximum atomic E-state index is 11.9. The molecule has 1 rings (SSSR count). The molecule has 0 aliphatic rings. The van der Waals surface area contributed by atoms with E-state index in [-0.39, 0.29) is 17.1 Å². The van der Waals surface area contributed by atoms with Gasteiger partial charge in [-0.1, -0.05) is 12.1 Å². The summed E-state index contributed by atoms with van der Waals surface area (Å²) in [6.07, 6.45) is 0.589. The Morgan fingerprint density at radius 3 is 2.69 bits per heavy atom. The summed E-state index contributed by atoms with van der Waals surface area (Å²) in [5.41, 5.74) is 0. The second-order valence-corrected chi connectivity index (χ2v) is 5.31. The number of hydrogen-bond donors (Lipinski definition) is 0. The van der Waals surface area contributed by atoms with E-state index >= 15 is 0 Å². The lowest BCUT2D eigenvalue weighted by Crippen LogP contribution is -2.08. The molecule has 0 aliphatic heterocycles. The van der Waals surface area contributed by atoms with Crippen LogP contribution in [0.4, 0.5) is 0 Å². The molecule has 0 aliphatic carbocycles. The minimum Gasteiger partial charge on any atom is -0.495 e. The predicted molar refractivity (Wildman–Crippen MR) is 59.9 cm³/mol. The highest BCUT2D eigenvalue weighted by atomic mass is 32.2. The quantitative estimate of drug-likeness (QED) is 0.734. The van der Waals surface area contributed by atoms with E-state index in [1.165, 1.54) is 13.2 Å². The van der Waals surface area contributed by atoms with E-state index in [9.17, 15) is 8.42 Å². The molecule has 0 fully saturated rings. The maximum absolute atomic E-state index is 11.9. The van der Waals surface area contributed by atoms with E-state index in [4.69, 9.17) is 10.00 Å². The standard InChI is InChI=1S/C11H13NO3S/c1-15-10-6-2-3-7-11(10)16(13,14)9-5-4-8-12/h2-3,6-7H,4-5,9H2,1H3. The molecule has 1 aromatic carbocycles. The highest BCUT2D eigenvalue weighted by Gasteiger charge is 2.18. The van der Waals surface area contributed by atoms with Gasteiger partial charge in [-0.2, -0.15) is 5.26 Å². The number of unbranched alkanes of at least 4 members (excludes halogenated alkanes) is 1. The lowest BCUT2D eigenvalue weighted by atomic mass is 10.3. The fourth-order valence-electron chi connectivity index (χ4n) is 1.33. The molecule has 0 spiro atoms. The van der Waals surface area contributed by atoms with Crippen molar-refractivity contribution in [2.75, 3.05) is 12.9 Å². The Morgan fingerprint density at radius 1 is 1.38 bits per heavy atom. The topological polar surface area (TPSA) is 67.2 Å². The second-order valence-electron chi connectivity index (χ2n) is 3.23. The largest absolute Gasteiger partial charge is 0.495 e. The molecule has 0 unspecified atom stereocenters. The molecular weight excluding hydrogens is 226 g/mol. The van der Waals surface area contributed by atoms with E-state index in [1.807, 2.05) is 6.07 Å². The second kappa shape index (κ2) is 5.52. The van der Waals surface area contributed by atoms with Crippen LogP contribution in [0.1, 0.15) is 12.8 Å². The Morgan fingerprint density at radius 2 is 2.06 bits per heavy atom. The summed E-state index contributed by atoms with van der Waals surface area (Å²) in [6.45, 7) is 0. The van der Waals surface area contributed by atoms with Crippen LogP contribution in [0, 0.1) is 11.3 Å². The number of hydrogen-bond acceptors (Lipinski definition) is 4. The molecule has 0 bridgehead atoms. The van der Waals surface area contributed by atoms with Gasteiger partial charge in [0.15, 0.2) is 9.84 Å². The lowest BCUT2D eigenvalue weighted by Gasteiger charge is -2.08. The van der Waals surface area contributed by atoms with Crippen molar-refractivity contribution >= 4 is 9.84 Å². The summed E-state index contributed by atoms with van der Waals surface area (Å²) < 4.78 is 28.8. The van der Waals surface area contributed by atoms with Gasteiger partial charge >= 0.3 is 0 Å². The Labute approximate surface area is 95.4 Å². The van der Waals surface area contributed by atoms with E-state index in [1.54, 1.807) is 18.2 Å². The Bertz CT molecular complexity index is 488. The summed E-state index contributed by atoms with van der Waals surface area (Å²) in [7, 11) is -1.92. The summed E-state index contributed by atoms with van der Waals surface area (Å²) >= 11 is 0. The van der Waals surface area contributed by atoms with Crippen molar-refractivity contribution in [1.29, 1.82) is 5.26 Å². The van der Waals surface area contributed by atoms with Crippen molar-refractivity contribution in [3.63, 3.8) is 0 Å². The first-order valence-electron chi connectivity index (χ1n) is 4.84. The maximum Gasteiger partial charge on any atom is 0.182 e. The number of sulfone groups is 1. The molecule has 4 nitrogen and oxygen atoms in total. The molecule has 1 aromatic rings. The van der Waals surface area contributed by atoms with Gasteiger partial charge in [0.25, 0.3) is 0 Å². The Hall–Kier alpha value is -1.54. The SMILES string of the molecule is COc1ccccc1S(=O)(=O)CCCC#N. The lowest BCUT2D eigenvalue weighted by molar-refractivity contribution is 0.402. The van der Waals surface area contributed by atoms with Gasteiger partial charge in [0, 0.05) is 6.42 Å². The molecule has 0 radical (unpaired) electrons. The third-order valence-electron chi connectivity index (χ3n) is 2.11.